The Bertz CT molecular complexity index is 1320. The van der Waals surface area contributed by atoms with Crippen molar-refractivity contribution < 1.29 is 13.2 Å². The van der Waals surface area contributed by atoms with Crippen molar-refractivity contribution in [2.75, 3.05) is 26.5 Å². The standard InChI is InChI=1S/C21H21N5O3S/c1-25(2)30(27,28)17-8-6-7-15(13-17)23-21-22-14-16-11-12-19(26(16)24-21)18-9-4-5-10-20(18)29-3/h4-14H,1-3H3,(H,23,24). The number of methoxy groups -OCH3 is 1. The number of anilines is 2. The highest BCUT2D eigenvalue weighted by Crippen LogP contribution is 2.30. The molecule has 0 aliphatic carbocycles. The zero-order chi connectivity index (χ0) is 21.3. The molecule has 154 valence electrons. The van der Waals surface area contributed by atoms with Gasteiger partial charge in [0.05, 0.1) is 29.4 Å². The van der Waals surface area contributed by atoms with Gasteiger partial charge in [0, 0.05) is 25.3 Å². The van der Waals surface area contributed by atoms with Crippen LogP contribution in [0, 0.1) is 0 Å². The van der Waals surface area contributed by atoms with Crippen molar-refractivity contribution in [2.24, 2.45) is 0 Å². The minimum atomic E-state index is -3.53. The molecule has 9 heteroatoms. The quantitative estimate of drug-likeness (QED) is 0.511. The first-order chi connectivity index (χ1) is 14.4. The predicted octanol–water partition coefficient (Wildman–Crippen LogP) is 3.40. The minimum Gasteiger partial charge on any atom is -0.496 e. The molecule has 0 saturated heterocycles. The summed E-state index contributed by atoms with van der Waals surface area (Å²) in [5.74, 6) is 1.08. The summed E-state index contributed by atoms with van der Waals surface area (Å²) in [5.41, 5.74) is 3.16. The molecule has 0 spiro atoms. The number of sulfonamides is 1. The molecule has 0 bridgehead atoms. The van der Waals surface area contributed by atoms with Gasteiger partial charge >= 0.3 is 0 Å². The summed E-state index contributed by atoms with van der Waals surface area (Å²) in [4.78, 5) is 4.53. The van der Waals surface area contributed by atoms with Crippen molar-refractivity contribution in [3.63, 3.8) is 0 Å². The van der Waals surface area contributed by atoms with Gasteiger partial charge in [-0.2, -0.15) is 0 Å². The van der Waals surface area contributed by atoms with Crippen LogP contribution < -0.4 is 10.1 Å². The number of hydrogen-bond donors (Lipinski definition) is 1. The molecule has 0 radical (unpaired) electrons. The highest BCUT2D eigenvalue weighted by Gasteiger charge is 2.17. The third kappa shape index (κ3) is 3.60. The summed E-state index contributed by atoms with van der Waals surface area (Å²) in [5, 5.41) is 7.68. The third-order valence-corrected chi connectivity index (χ3v) is 6.46. The van der Waals surface area contributed by atoms with E-state index in [1.165, 1.54) is 18.4 Å². The monoisotopic (exact) mass is 423 g/mol. The molecule has 0 aliphatic heterocycles. The van der Waals surface area contributed by atoms with Crippen molar-refractivity contribution in [3.05, 3.63) is 66.9 Å². The summed E-state index contributed by atoms with van der Waals surface area (Å²) in [6.07, 6.45) is 1.70. The van der Waals surface area contributed by atoms with Crippen molar-refractivity contribution in [1.82, 2.24) is 18.9 Å². The first-order valence-corrected chi connectivity index (χ1v) is 10.6. The Morgan fingerprint density at radius 3 is 2.60 bits per heavy atom. The summed E-state index contributed by atoms with van der Waals surface area (Å²) >= 11 is 0. The third-order valence-electron chi connectivity index (χ3n) is 4.65. The molecule has 0 saturated carbocycles. The van der Waals surface area contributed by atoms with E-state index in [0.717, 1.165) is 22.5 Å². The normalized spacial score (nSPS) is 11.7. The van der Waals surface area contributed by atoms with E-state index in [9.17, 15) is 8.42 Å². The molecule has 0 amide bonds. The molecule has 8 nitrogen and oxygen atoms in total. The number of hydrogen-bond acceptors (Lipinski definition) is 6. The molecule has 0 unspecified atom stereocenters. The molecule has 2 aromatic carbocycles. The molecule has 0 aliphatic rings. The number of nitrogens with zero attached hydrogens (tertiary/aromatic N) is 4. The van der Waals surface area contributed by atoms with Gasteiger partial charge in [-0.25, -0.2) is 22.2 Å². The maximum atomic E-state index is 12.4. The second-order valence-electron chi connectivity index (χ2n) is 6.78. The number of rotatable bonds is 6. The average Bonchev–Trinajstić information content (AvgIpc) is 3.17. The molecular formula is C21H21N5O3S. The van der Waals surface area contributed by atoms with E-state index in [0.29, 0.717) is 11.6 Å². The fraction of sp³-hybridized carbons (Fsp3) is 0.143. The number of benzene rings is 2. The summed E-state index contributed by atoms with van der Waals surface area (Å²) < 4.78 is 33.2. The van der Waals surface area contributed by atoms with Gasteiger partial charge < -0.3 is 10.1 Å². The van der Waals surface area contributed by atoms with Crippen LogP contribution in [0.15, 0.2) is 71.8 Å². The van der Waals surface area contributed by atoms with Gasteiger partial charge in [-0.3, -0.25) is 0 Å². The molecule has 30 heavy (non-hydrogen) atoms. The second-order valence-corrected chi connectivity index (χ2v) is 8.93. The Kier molecular flexibility index (Phi) is 5.15. The number of para-hydroxylation sites is 1. The highest BCUT2D eigenvalue weighted by molar-refractivity contribution is 7.89. The second kappa shape index (κ2) is 7.77. The van der Waals surface area contributed by atoms with E-state index < -0.39 is 10.0 Å². The SMILES string of the molecule is COc1ccccc1-c1ccc2cnc(Nc3cccc(S(=O)(=O)N(C)C)c3)nn12. The van der Waals surface area contributed by atoms with E-state index in [2.05, 4.69) is 15.4 Å². The van der Waals surface area contributed by atoms with Gasteiger partial charge in [0.2, 0.25) is 16.0 Å². The maximum Gasteiger partial charge on any atom is 0.245 e. The lowest BCUT2D eigenvalue weighted by Gasteiger charge is -2.13. The number of ether oxygens (including phenoxy) is 1. The molecule has 2 aromatic heterocycles. The Morgan fingerprint density at radius 1 is 1.03 bits per heavy atom. The van der Waals surface area contributed by atoms with Crippen LogP contribution in [0.5, 0.6) is 5.75 Å². The summed E-state index contributed by atoms with van der Waals surface area (Å²) in [6.45, 7) is 0. The molecular weight excluding hydrogens is 402 g/mol. The van der Waals surface area contributed by atoms with Gasteiger partial charge in [-0.05, 0) is 42.5 Å². The van der Waals surface area contributed by atoms with Crippen LogP contribution in [-0.2, 0) is 10.0 Å². The van der Waals surface area contributed by atoms with Gasteiger partial charge in [0.1, 0.15) is 5.75 Å². The highest BCUT2D eigenvalue weighted by atomic mass is 32.2. The fourth-order valence-corrected chi connectivity index (χ4v) is 4.04. The first-order valence-electron chi connectivity index (χ1n) is 9.18. The van der Waals surface area contributed by atoms with Gasteiger partial charge in [0.25, 0.3) is 0 Å². The van der Waals surface area contributed by atoms with Crippen LogP contribution in [0.4, 0.5) is 11.6 Å². The number of aromatic nitrogens is 3. The minimum absolute atomic E-state index is 0.189. The van der Waals surface area contributed by atoms with E-state index >= 15 is 0 Å². The molecule has 0 atom stereocenters. The lowest BCUT2D eigenvalue weighted by molar-refractivity contribution is 0.416. The van der Waals surface area contributed by atoms with Crippen LogP contribution in [0.2, 0.25) is 0 Å². The van der Waals surface area contributed by atoms with Crippen molar-refractivity contribution >= 4 is 27.2 Å². The Hall–Kier alpha value is -3.43. The zero-order valence-electron chi connectivity index (χ0n) is 16.8. The Labute approximate surface area is 174 Å². The number of nitrogens with one attached hydrogen (secondary N) is 1. The van der Waals surface area contributed by atoms with E-state index in [-0.39, 0.29) is 4.90 Å². The lowest BCUT2D eigenvalue weighted by atomic mass is 10.1. The van der Waals surface area contributed by atoms with Crippen LogP contribution in [0.25, 0.3) is 16.8 Å². The smallest absolute Gasteiger partial charge is 0.245 e. The summed E-state index contributed by atoms with van der Waals surface area (Å²) in [7, 11) is 1.09. The first kappa shape index (κ1) is 19.9. The van der Waals surface area contributed by atoms with E-state index in [1.807, 2.05) is 36.4 Å². The molecule has 2 heterocycles. The van der Waals surface area contributed by atoms with Crippen LogP contribution in [0.3, 0.4) is 0 Å². The molecule has 0 fully saturated rings. The van der Waals surface area contributed by atoms with Crippen molar-refractivity contribution in [1.29, 1.82) is 0 Å². The largest absolute Gasteiger partial charge is 0.496 e. The van der Waals surface area contributed by atoms with Crippen molar-refractivity contribution in [2.45, 2.75) is 4.90 Å². The van der Waals surface area contributed by atoms with E-state index in [4.69, 9.17) is 4.74 Å². The van der Waals surface area contributed by atoms with Gasteiger partial charge in [0.15, 0.2) is 0 Å². The van der Waals surface area contributed by atoms with Crippen LogP contribution >= 0.6 is 0 Å². The fourth-order valence-electron chi connectivity index (χ4n) is 3.09. The Morgan fingerprint density at radius 2 is 1.83 bits per heavy atom. The average molecular weight is 423 g/mol. The van der Waals surface area contributed by atoms with Crippen molar-refractivity contribution in [3.8, 4) is 17.0 Å². The van der Waals surface area contributed by atoms with Gasteiger partial charge in [-0.1, -0.05) is 18.2 Å². The Balaban J connectivity index is 1.72. The zero-order valence-corrected chi connectivity index (χ0v) is 17.6. The number of fused-ring (bicyclic) bond motifs is 1. The lowest BCUT2D eigenvalue weighted by Crippen LogP contribution is -2.22. The van der Waals surface area contributed by atoms with E-state index in [1.54, 1.807) is 42.1 Å². The molecule has 1 N–H and O–H groups in total. The predicted molar refractivity (Wildman–Crippen MR) is 116 cm³/mol. The topological polar surface area (TPSA) is 88.8 Å². The van der Waals surface area contributed by atoms with Crippen LogP contribution in [0.1, 0.15) is 0 Å². The molecule has 4 aromatic rings. The molecule has 4 rings (SSSR count). The summed E-state index contributed by atoms with van der Waals surface area (Å²) in [6, 6.07) is 18.1. The van der Waals surface area contributed by atoms with Crippen LogP contribution in [-0.4, -0.2) is 48.5 Å². The van der Waals surface area contributed by atoms with Gasteiger partial charge in [-0.15, -0.1) is 5.10 Å². The maximum absolute atomic E-state index is 12.4.